The Balaban J connectivity index is 1.39. The molecule has 34 heavy (non-hydrogen) atoms. The Morgan fingerprint density at radius 2 is 1.97 bits per heavy atom. The van der Waals surface area contributed by atoms with Gasteiger partial charge in [-0.15, -0.1) is 0 Å². The molecule has 1 aliphatic carbocycles. The maximum Gasteiger partial charge on any atom is 0.255 e. The summed E-state index contributed by atoms with van der Waals surface area (Å²) in [7, 11) is 1.54. The Kier molecular flexibility index (Phi) is 5.69. The van der Waals surface area contributed by atoms with Crippen molar-refractivity contribution < 1.29 is 14.6 Å². The molecular weight excluding hydrogens is 432 g/mol. The largest absolute Gasteiger partial charge is 0.496 e. The van der Waals surface area contributed by atoms with Gasteiger partial charge in [0, 0.05) is 18.5 Å². The third-order valence-electron chi connectivity index (χ3n) is 5.90. The molecule has 4 aromatic rings. The minimum Gasteiger partial charge on any atom is -0.496 e. The van der Waals surface area contributed by atoms with Crippen molar-refractivity contribution in [3.05, 3.63) is 78.1 Å². The lowest BCUT2D eigenvalue weighted by molar-refractivity contribution is 0.0948. The highest BCUT2D eigenvalue weighted by molar-refractivity contribution is 5.98. The van der Waals surface area contributed by atoms with E-state index in [4.69, 9.17) is 15.6 Å². The summed E-state index contributed by atoms with van der Waals surface area (Å²) in [5.74, 6) is 0.673. The van der Waals surface area contributed by atoms with E-state index in [9.17, 15) is 9.90 Å². The van der Waals surface area contributed by atoms with Crippen molar-refractivity contribution in [2.75, 3.05) is 12.8 Å². The number of nitrogen functional groups attached to an aromatic ring is 1. The molecule has 0 saturated carbocycles. The zero-order valence-corrected chi connectivity index (χ0v) is 18.5. The number of aromatic nitrogens is 4. The molecule has 2 aromatic carbocycles. The van der Waals surface area contributed by atoms with E-state index >= 15 is 0 Å². The van der Waals surface area contributed by atoms with E-state index in [-0.39, 0.29) is 11.9 Å². The van der Waals surface area contributed by atoms with Gasteiger partial charge in [-0.3, -0.25) is 4.79 Å². The Hall–Kier alpha value is -4.24. The molecule has 2 atom stereocenters. The summed E-state index contributed by atoms with van der Waals surface area (Å²) in [5, 5.41) is 18.3. The van der Waals surface area contributed by atoms with Gasteiger partial charge in [0.1, 0.15) is 23.6 Å². The number of allylic oxidation sites excluding steroid dienone is 1. The van der Waals surface area contributed by atoms with Crippen LogP contribution in [0.2, 0.25) is 0 Å². The van der Waals surface area contributed by atoms with Crippen LogP contribution in [0.25, 0.3) is 22.3 Å². The number of para-hydroxylation sites is 1. The molecule has 0 radical (unpaired) electrons. The normalized spacial score (nSPS) is 17.2. The number of nitrogens with two attached hydrogens (primary N) is 1. The minimum absolute atomic E-state index is 0.106. The van der Waals surface area contributed by atoms with Crippen LogP contribution in [0, 0.1) is 0 Å². The van der Waals surface area contributed by atoms with Gasteiger partial charge < -0.3 is 20.9 Å². The van der Waals surface area contributed by atoms with Crippen LogP contribution < -0.4 is 15.8 Å². The van der Waals surface area contributed by atoms with E-state index in [1.54, 1.807) is 36.1 Å². The van der Waals surface area contributed by atoms with Gasteiger partial charge in [0.25, 0.3) is 5.91 Å². The standard InChI is InChI=1S/C25H24N6O3/c1-34-20-5-3-2-4-19(20)25(33)27-13-15-6-8-16(9-7-15)22-21-23(26)28-14-29-24(21)31(30-22)17-10-11-18(32)12-17/h2-11,14,17-18,32H,12-13H2,1H3,(H,27,33)(H2,26,28,29)/t17-,18+/m1/s1. The second-order valence-electron chi connectivity index (χ2n) is 8.09. The van der Waals surface area contributed by atoms with E-state index in [2.05, 4.69) is 15.3 Å². The Morgan fingerprint density at radius 1 is 1.18 bits per heavy atom. The van der Waals surface area contributed by atoms with E-state index in [0.29, 0.717) is 46.8 Å². The molecule has 0 fully saturated rings. The van der Waals surface area contributed by atoms with E-state index in [1.165, 1.54) is 6.33 Å². The maximum atomic E-state index is 12.6. The Morgan fingerprint density at radius 3 is 2.71 bits per heavy atom. The number of benzene rings is 2. The number of aliphatic hydroxyl groups excluding tert-OH is 1. The minimum atomic E-state index is -0.503. The van der Waals surface area contributed by atoms with E-state index < -0.39 is 6.10 Å². The number of fused-ring (bicyclic) bond motifs is 1. The third kappa shape index (κ3) is 3.97. The molecule has 0 spiro atoms. The van der Waals surface area contributed by atoms with Crippen molar-refractivity contribution >= 4 is 22.8 Å². The maximum absolute atomic E-state index is 12.6. The van der Waals surface area contributed by atoms with Crippen molar-refractivity contribution in [2.45, 2.75) is 25.1 Å². The predicted octanol–water partition coefficient (Wildman–Crippen LogP) is 2.88. The highest BCUT2D eigenvalue weighted by Gasteiger charge is 2.25. The second kappa shape index (κ2) is 8.95. The van der Waals surface area contributed by atoms with E-state index in [0.717, 1.165) is 11.1 Å². The van der Waals surface area contributed by atoms with Crippen LogP contribution in [0.15, 0.2) is 67.0 Å². The number of nitrogens with one attached hydrogen (secondary N) is 1. The van der Waals surface area contributed by atoms with Crippen molar-refractivity contribution in [1.29, 1.82) is 0 Å². The summed E-state index contributed by atoms with van der Waals surface area (Å²) in [6.07, 6.45) is 5.13. The first-order valence-corrected chi connectivity index (χ1v) is 10.9. The lowest BCUT2D eigenvalue weighted by Crippen LogP contribution is -2.23. The van der Waals surface area contributed by atoms with Gasteiger partial charge >= 0.3 is 0 Å². The van der Waals surface area contributed by atoms with Crippen molar-refractivity contribution in [1.82, 2.24) is 25.1 Å². The molecule has 172 valence electrons. The smallest absolute Gasteiger partial charge is 0.255 e. The zero-order valence-electron chi connectivity index (χ0n) is 18.5. The molecule has 2 heterocycles. The summed E-state index contributed by atoms with van der Waals surface area (Å²) >= 11 is 0. The third-order valence-corrected chi connectivity index (χ3v) is 5.90. The van der Waals surface area contributed by atoms with Crippen LogP contribution >= 0.6 is 0 Å². The molecule has 0 unspecified atom stereocenters. The monoisotopic (exact) mass is 456 g/mol. The zero-order chi connectivity index (χ0) is 23.7. The number of aliphatic hydroxyl groups is 1. The fourth-order valence-corrected chi connectivity index (χ4v) is 4.16. The molecule has 0 aliphatic heterocycles. The van der Waals surface area contributed by atoms with Crippen LogP contribution in [-0.2, 0) is 6.54 Å². The lowest BCUT2D eigenvalue weighted by atomic mass is 10.1. The van der Waals surface area contributed by atoms with Crippen LogP contribution in [0.1, 0.15) is 28.4 Å². The van der Waals surface area contributed by atoms with Gasteiger partial charge in [-0.25, -0.2) is 14.6 Å². The van der Waals surface area contributed by atoms with Gasteiger partial charge in [0.05, 0.1) is 30.2 Å². The topological polar surface area (TPSA) is 128 Å². The number of nitrogens with zero attached hydrogens (tertiary/aromatic N) is 4. The first kappa shape index (κ1) is 21.6. The summed E-state index contributed by atoms with van der Waals surface area (Å²) in [4.78, 5) is 21.1. The molecule has 1 aliphatic rings. The summed E-state index contributed by atoms with van der Waals surface area (Å²) in [5.41, 5.74) is 9.76. The van der Waals surface area contributed by atoms with Crippen LogP contribution in [0.4, 0.5) is 5.82 Å². The van der Waals surface area contributed by atoms with Crippen LogP contribution in [-0.4, -0.2) is 44.0 Å². The summed E-state index contributed by atoms with van der Waals surface area (Å²) in [6.45, 7) is 0.363. The van der Waals surface area contributed by atoms with Gasteiger partial charge in [-0.2, -0.15) is 5.10 Å². The molecule has 2 aromatic heterocycles. The number of anilines is 1. The summed E-state index contributed by atoms with van der Waals surface area (Å²) in [6, 6.07) is 14.7. The molecule has 9 nitrogen and oxygen atoms in total. The second-order valence-corrected chi connectivity index (χ2v) is 8.09. The SMILES string of the molecule is COc1ccccc1C(=O)NCc1ccc(-c2nn([C@@H]3C=C[C@H](O)C3)c3ncnc(N)c23)cc1. The first-order valence-electron chi connectivity index (χ1n) is 10.9. The highest BCUT2D eigenvalue weighted by atomic mass is 16.5. The van der Waals surface area contributed by atoms with Crippen molar-refractivity contribution in [3.8, 4) is 17.0 Å². The van der Waals surface area contributed by atoms with Gasteiger partial charge in [0.15, 0.2) is 5.65 Å². The first-order chi connectivity index (χ1) is 16.5. The fraction of sp³-hybridized carbons (Fsp3) is 0.200. The molecule has 0 saturated heterocycles. The Bertz CT molecular complexity index is 1380. The number of rotatable bonds is 6. The van der Waals surface area contributed by atoms with Crippen molar-refractivity contribution in [2.24, 2.45) is 0 Å². The number of carbonyl (C=O) groups is 1. The average molecular weight is 457 g/mol. The molecule has 4 N–H and O–H groups in total. The number of carbonyl (C=O) groups excluding carboxylic acids is 1. The number of hydrogen-bond donors (Lipinski definition) is 3. The summed E-state index contributed by atoms with van der Waals surface area (Å²) < 4.78 is 7.05. The van der Waals surface area contributed by atoms with Gasteiger partial charge in [0.2, 0.25) is 0 Å². The molecular formula is C25H24N6O3. The Labute approximate surface area is 195 Å². The molecule has 9 heteroatoms. The highest BCUT2D eigenvalue weighted by Crippen LogP contribution is 2.34. The lowest BCUT2D eigenvalue weighted by Gasteiger charge is -2.10. The number of amides is 1. The fourth-order valence-electron chi connectivity index (χ4n) is 4.16. The average Bonchev–Trinajstić information content (AvgIpc) is 3.47. The predicted molar refractivity (Wildman–Crippen MR) is 128 cm³/mol. The van der Waals surface area contributed by atoms with Crippen LogP contribution in [0.3, 0.4) is 0 Å². The van der Waals surface area contributed by atoms with Crippen molar-refractivity contribution in [3.63, 3.8) is 0 Å². The van der Waals surface area contributed by atoms with Crippen LogP contribution in [0.5, 0.6) is 5.75 Å². The molecule has 1 amide bonds. The van der Waals surface area contributed by atoms with Gasteiger partial charge in [-0.05, 0) is 17.7 Å². The number of ether oxygens (including phenoxy) is 1. The molecule has 5 rings (SSSR count). The molecule has 0 bridgehead atoms. The number of hydrogen-bond acceptors (Lipinski definition) is 7. The van der Waals surface area contributed by atoms with Gasteiger partial charge in [-0.1, -0.05) is 48.6 Å². The van der Waals surface area contributed by atoms with E-state index in [1.807, 2.05) is 36.4 Å². The quantitative estimate of drug-likeness (QED) is 0.381. The number of methoxy groups -OCH3 is 1.